The van der Waals surface area contributed by atoms with E-state index in [4.69, 9.17) is 5.84 Å². The van der Waals surface area contributed by atoms with Gasteiger partial charge in [-0.1, -0.05) is 35.3 Å². The summed E-state index contributed by atoms with van der Waals surface area (Å²) < 4.78 is 1.12. The number of hydrogen-bond donors (Lipinski definition) is 2. The molecule has 0 aliphatic rings. The average Bonchev–Trinajstić information content (AvgIpc) is 2.15. The van der Waals surface area contributed by atoms with E-state index in [2.05, 4.69) is 53.4 Å². The van der Waals surface area contributed by atoms with Crippen molar-refractivity contribution < 1.29 is 0 Å². The Labute approximate surface area is 94.0 Å². The Balaban J connectivity index is 2.92. The summed E-state index contributed by atoms with van der Waals surface area (Å²) in [5, 5.41) is 0. The van der Waals surface area contributed by atoms with Crippen molar-refractivity contribution in [3.63, 3.8) is 0 Å². The fourth-order valence-corrected chi connectivity index (χ4v) is 2.12. The normalized spacial score (nSPS) is 12.9. The Kier molecular flexibility index (Phi) is 4.58. The summed E-state index contributed by atoms with van der Waals surface area (Å²) in [6.07, 6.45) is 2.20. The van der Waals surface area contributed by atoms with E-state index in [1.165, 1.54) is 11.1 Å². The van der Waals surface area contributed by atoms with E-state index in [9.17, 15) is 0 Å². The number of halogens is 1. The van der Waals surface area contributed by atoms with E-state index in [-0.39, 0.29) is 6.04 Å². The summed E-state index contributed by atoms with van der Waals surface area (Å²) in [4.78, 5) is 0. The molecule has 78 valence electrons. The molecule has 2 nitrogen and oxygen atoms in total. The molecule has 0 aromatic heterocycles. The van der Waals surface area contributed by atoms with E-state index < -0.39 is 0 Å². The van der Waals surface area contributed by atoms with E-state index in [0.717, 1.165) is 17.3 Å². The van der Waals surface area contributed by atoms with Gasteiger partial charge in [0.1, 0.15) is 0 Å². The van der Waals surface area contributed by atoms with Crippen LogP contribution in [0.1, 0.15) is 36.9 Å². The number of benzene rings is 1. The Bertz CT molecular complexity index is 299. The molecular weight excluding hydrogens is 240 g/mol. The maximum atomic E-state index is 5.54. The first kappa shape index (κ1) is 11.7. The molecule has 3 N–H and O–H groups in total. The third-order valence-electron chi connectivity index (χ3n) is 2.39. The maximum Gasteiger partial charge on any atom is 0.0462 e. The number of aryl methyl sites for hydroxylation is 1. The predicted molar refractivity (Wildman–Crippen MR) is 63.9 cm³/mol. The second-order valence-corrected chi connectivity index (χ2v) is 4.42. The van der Waals surface area contributed by atoms with E-state index in [0.29, 0.717) is 0 Å². The van der Waals surface area contributed by atoms with Crippen LogP contribution in [0.2, 0.25) is 0 Å². The first-order valence-corrected chi connectivity index (χ1v) is 5.70. The molecular formula is C11H17BrN2. The minimum atomic E-state index is 0.271. The highest BCUT2D eigenvalue weighted by Crippen LogP contribution is 2.24. The van der Waals surface area contributed by atoms with Gasteiger partial charge in [-0.3, -0.25) is 11.3 Å². The van der Waals surface area contributed by atoms with Crippen LogP contribution >= 0.6 is 15.9 Å². The van der Waals surface area contributed by atoms with Gasteiger partial charge in [-0.15, -0.1) is 0 Å². The molecule has 0 aliphatic carbocycles. The van der Waals surface area contributed by atoms with Crippen LogP contribution < -0.4 is 11.3 Å². The lowest BCUT2D eigenvalue weighted by Gasteiger charge is -2.17. The summed E-state index contributed by atoms with van der Waals surface area (Å²) in [6, 6.07) is 6.57. The molecule has 0 saturated carbocycles. The standard InChI is InChI=1S/C11H17BrN2/c1-3-4-11(14-13)10-6-5-9(12)7-8(10)2/h5-7,11,14H,3-4,13H2,1-2H3. The van der Waals surface area contributed by atoms with Crippen molar-refractivity contribution in [2.75, 3.05) is 0 Å². The van der Waals surface area contributed by atoms with Crippen molar-refractivity contribution in [1.29, 1.82) is 0 Å². The van der Waals surface area contributed by atoms with E-state index >= 15 is 0 Å². The minimum Gasteiger partial charge on any atom is -0.271 e. The number of nitrogens with two attached hydrogens (primary N) is 1. The van der Waals surface area contributed by atoms with Gasteiger partial charge in [-0.2, -0.15) is 0 Å². The second kappa shape index (κ2) is 5.49. The Morgan fingerprint density at radius 3 is 2.71 bits per heavy atom. The van der Waals surface area contributed by atoms with E-state index in [1.54, 1.807) is 0 Å². The van der Waals surface area contributed by atoms with Crippen molar-refractivity contribution in [2.24, 2.45) is 5.84 Å². The van der Waals surface area contributed by atoms with Crippen LogP contribution in [0.15, 0.2) is 22.7 Å². The molecule has 1 atom stereocenters. The SMILES string of the molecule is CCCC(NN)c1ccc(Br)cc1C. The third kappa shape index (κ3) is 2.80. The maximum absolute atomic E-state index is 5.54. The fourth-order valence-electron chi connectivity index (χ4n) is 1.65. The van der Waals surface area contributed by atoms with Gasteiger partial charge in [0.15, 0.2) is 0 Å². The molecule has 0 fully saturated rings. The fraction of sp³-hybridized carbons (Fsp3) is 0.455. The molecule has 0 saturated heterocycles. The largest absolute Gasteiger partial charge is 0.271 e. The summed E-state index contributed by atoms with van der Waals surface area (Å²) in [5.41, 5.74) is 5.43. The van der Waals surface area contributed by atoms with E-state index in [1.807, 2.05) is 0 Å². The van der Waals surface area contributed by atoms with Crippen LogP contribution in [0.3, 0.4) is 0 Å². The van der Waals surface area contributed by atoms with Crippen LogP contribution in [-0.4, -0.2) is 0 Å². The summed E-state index contributed by atoms with van der Waals surface area (Å²) in [5.74, 6) is 5.54. The van der Waals surface area contributed by atoms with Gasteiger partial charge in [-0.25, -0.2) is 0 Å². The van der Waals surface area contributed by atoms with Crippen LogP contribution in [-0.2, 0) is 0 Å². The van der Waals surface area contributed by atoms with Crippen LogP contribution in [0.4, 0.5) is 0 Å². The van der Waals surface area contributed by atoms with Crippen LogP contribution in [0, 0.1) is 6.92 Å². The van der Waals surface area contributed by atoms with Gasteiger partial charge in [0.05, 0.1) is 0 Å². The van der Waals surface area contributed by atoms with Gasteiger partial charge >= 0.3 is 0 Å². The third-order valence-corrected chi connectivity index (χ3v) is 2.88. The molecule has 0 heterocycles. The van der Waals surface area contributed by atoms with Gasteiger partial charge in [0, 0.05) is 10.5 Å². The topological polar surface area (TPSA) is 38.0 Å². The first-order chi connectivity index (χ1) is 6.69. The highest BCUT2D eigenvalue weighted by molar-refractivity contribution is 9.10. The van der Waals surface area contributed by atoms with Gasteiger partial charge in [-0.05, 0) is 36.6 Å². The predicted octanol–water partition coefficient (Wildman–Crippen LogP) is 3.06. The van der Waals surface area contributed by atoms with Crippen molar-refractivity contribution in [3.8, 4) is 0 Å². The molecule has 1 rings (SSSR count). The lowest BCUT2D eigenvalue weighted by molar-refractivity contribution is 0.508. The van der Waals surface area contributed by atoms with Crippen molar-refractivity contribution >= 4 is 15.9 Å². The van der Waals surface area contributed by atoms with Gasteiger partial charge in [0.2, 0.25) is 0 Å². The molecule has 0 radical (unpaired) electrons. The van der Waals surface area contributed by atoms with Crippen molar-refractivity contribution in [1.82, 2.24) is 5.43 Å². The molecule has 0 amide bonds. The number of nitrogens with one attached hydrogen (secondary N) is 1. The zero-order valence-electron chi connectivity index (χ0n) is 8.68. The summed E-state index contributed by atoms with van der Waals surface area (Å²) in [6.45, 7) is 4.28. The molecule has 1 aromatic carbocycles. The Morgan fingerprint density at radius 2 is 2.21 bits per heavy atom. The van der Waals surface area contributed by atoms with Gasteiger partial charge < -0.3 is 0 Å². The van der Waals surface area contributed by atoms with Gasteiger partial charge in [0.25, 0.3) is 0 Å². The average molecular weight is 257 g/mol. The summed E-state index contributed by atoms with van der Waals surface area (Å²) in [7, 11) is 0. The quantitative estimate of drug-likeness (QED) is 0.642. The Morgan fingerprint density at radius 1 is 1.50 bits per heavy atom. The number of hydrazine groups is 1. The smallest absolute Gasteiger partial charge is 0.0462 e. The molecule has 1 aromatic rings. The zero-order chi connectivity index (χ0) is 10.6. The lowest BCUT2D eigenvalue weighted by Crippen LogP contribution is -2.28. The number of hydrogen-bond acceptors (Lipinski definition) is 2. The number of rotatable bonds is 4. The highest BCUT2D eigenvalue weighted by Gasteiger charge is 2.10. The Hall–Kier alpha value is -0.380. The first-order valence-electron chi connectivity index (χ1n) is 4.91. The highest BCUT2D eigenvalue weighted by atomic mass is 79.9. The summed E-state index contributed by atoms with van der Waals surface area (Å²) >= 11 is 3.45. The lowest BCUT2D eigenvalue weighted by atomic mass is 9.98. The van der Waals surface area contributed by atoms with Crippen molar-refractivity contribution in [2.45, 2.75) is 32.7 Å². The molecule has 3 heteroatoms. The monoisotopic (exact) mass is 256 g/mol. The second-order valence-electron chi connectivity index (χ2n) is 3.51. The molecule has 0 bridgehead atoms. The minimum absolute atomic E-state index is 0.271. The van der Waals surface area contributed by atoms with Crippen molar-refractivity contribution in [3.05, 3.63) is 33.8 Å². The molecule has 0 spiro atoms. The molecule has 14 heavy (non-hydrogen) atoms. The zero-order valence-corrected chi connectivity index (χ0v) is 10.3. The molecule has 1 unspecified atom stereocenters. The van der Waals surface area contributed by atoms with Crippen LogP contribution in [0.5, 0.6) is 0 Å². The molecule has 0 aliphatic heterocycles. The van der Waals surface area contributed by atoms with Crippen LogP contribution in [0.25, 0.3) is 0 Å².